The normalized spacial score (nSPS) is 12.7. The lowest BCUT2D eigenvalue weighted by molar-refractivity contribution is 0.791. The number of tetrazole rings is 1. The van der Waals surface area contributed by atoms with E-state index in [2.05, 4.69) is 30.9 Å². The van der Waals surface area contributed by atoms with E-state index < -0.39 is 0 Å². The Balaban J connectivity index is 2.05. The van der Waals surface area contributed by atoms with Crippen molar-refractivity contribution in [3.05, 3.63) is 16.9 Å². The largest absolute Gasteiger partial charge is 0.352 e. The van der Waals surface area contributed by atoms with E-state index in [0.717, 1.165) is 10.8 Å². The lowest BCUT2D eigenvalue weighted by atomic mass is 10.3. The minimum absolute atomic E-state index is 0.0132. The molecule has 0 spiro atoms. The second-order valence-electron chi connectivity index (χ2n) is 2.93. The summed E-state index contributed by atoms with van der Waals surface area (Å²) in [6.07, 6.45) is 0. The van der Waals surface area contributed by atoms with Crippen molar-refractivity contribution in [3.8, 4) is 0 Å². The molecule has 2 N–H and O–H groups in total. The lowest BCUT2D eigenvalue weighted by Crippen LogP contribution is -2.08. The van der Waals surface area contributed by atoms with Crippen molar-refractivity contribution >= 4 is 16.5 Å². The Morgan fingerprint density at radius 1 is 1.57 bits per heavy atom. The summed E-state index contributed by atoms with van der Waals surface area (Å²) in [5.74, 6) is 0.637. The molecule has 1 unspecified atom stereocenters. The van der Waals surface area contributed by atoms with Crippen LogP contribution in [-0.4, -0.2) is 25.6 Å². The molecule has 0 bridgehead atoms. The Morgan fingerprint density at radius 2 is 2.43 bits per heavy atom. The predicted octanol–water partition coefficient (Wildman–Crippen LogP) is 1.14. The number of hydrogen-bond donors (Lipinski definition) is 2. The first-order chi connectivity index (χ1) is 6.75. The Labute approximate surface area is 84.8 Å². The van der Waals surface area contributed by atoms with E-state index in [1.54, 1.807) is 11.3 Å². The molecule has 0 fully saturated rings. The summed E-state index contributed by atoms with van der Waals surface area (Å²) in [5, 5.41) is 19.7. The minimum Gasteiger partial charge on any atom is -0.352 e. The number of thiazole rings is 1. The summed E-state index contributed by atoms with van der Waals surface area (Å²) in [6, 6.07) is 0.0132. The van der Waals surface area contributed by atoms with Crippen molar-refractivity contribution in [1.82, 2.24) is 25.6 Å². The number of aromatic nitrogens is 5. The van der Waals surface area contributed by atoms with E-state index in [9.17, 15) is 0 Å². The number of anilines is 1. The molecule has 0 aliphatic rings. The fourth-order valence-electron chi connectivity index (χ4n) is 1.02. The van der Waals surface area contributed by atoms with E-state index in [4.69, 9.17) is 0 Å². The van der Waals surface area contributed by atoms with Gasteiger partial charge in [-0.1, -0.05) is 5.21 Å². The third kappa shape index (κ3) is 1.87. The standard InChI is InChI=1S/C7H10N6S/c1-4-3-14-7(8-4)9-5(2)6-10-12-13-11-6/h3,5H,1-2H3,(H,8,9)(H,10,11,12,13). The molecule has 2 heterocycles. The van der Waals surface area contributed by atoms with Gasteiger partial charge >= 0.3 is 0 Å². The highest BCUT2D eigenvalue weighted by Crippen LogP contribution is 2.19. The van der Waals surface area contributed by atoms with Crippen molar-refractivity contribution in [1.29, 1.82) is 0 Å². The molecule has 7 heteroatoms. The van der Waals surface area contributed by atoms with Gasteiger partial charge in [0, 0.05) is 5.38 Å². The van der Waals surface area contributed by atoms with Crippen LogP contribution in [0.4, 0.5) is 5.13 Å². The minimum atomic E-state index is 0.0132. The Bertz CT molecular complexity index is 394. The van der Waals surface area contributed by atoms with Crippen LogP contribution in [0.3, 0.4) is 0 Å². The van der Waals surface area contributed by atoms with E-state index in [-0.39, 0.29) is 6.04 Å². The zero-order valence-electron chi connectivity index (χ0n) is 7.85. The van der Waals surface area contributed by atoms with Crippen LogP contribution in [-0.2, 0) is 0 Å². The number of nitrogens with zero attached hydrogens (tertiary/aromatic N) is 4. The first kappa shape index (κ1) is 9.07. The second-order valence-corrected chi connectivity index (χ2v) is 3.79. The summed E-state index contributed by atoms with van der Waals surface area (Å²) in [4.78, 5) is 4.28. The monoisotopic (exact) mass is 210 g/mol. The molecule has 0 aliphatic carbocycles. The number of rotatable bonds is 3. The van der Waals surface area contributed by atoms with Crippen molar-refractivity contribution < 1.29 is 0 Å². The van der Waals surface area contributed by atoms with Gasteiger partial charge in [0.1, 0.15) is 0 Å². The molecule has 1 atom stereocenters. The number of nitrogens with one attached hydrogen (secondary N) is 2. The zero-order valence-corrected chi connectivity index (χ0v) is 8.67. The van der Waals surface area contributed by atoms with Crippen molar-refractivity contribution in [2.45, 2.75) is 19.9 Å². The molecule has 0 amide bonds. The molecule has 0 saturated heterocycles. The molecule has 6 nitrogen and oxygen atoms in total. The van der Waals surface area contributed by atoms with Crippen LogP contribution in [0.2, 0.25) is 0 Å². The molecule has 2 aromatic rings. The van der Waals surface area contributed by atoms with Gasteiger partial charge in [0.05, 0.1) is 11.7 Å². The first-order valence-electron chi connectivity index (χ1n) is 4.17. The van der Waals surface area contributed by atoms with Crippen LogP contribution in [0.1, 0.15) is 24.5 Å². The average molecular weight is 210 g/mol. The molecule has 74 valence electrons. The molecule has 0 radical (unpaired) electrons. The topological polar surface area (TPSA) is 79.4 Å². The van der Waals surface area contributed by atoms with Crippen LogP contribution < -0.4 is 5.32 Å². The van der Waals surface area contributed by atoms with Crippen molar-refractivity contribution in [3.63, 3.8) is 0 Å². The van der Waals surface area contributed by atoms with E-state index >= 15 is 0 Å². The maximum absolute atomic E-state index is 4.28. The number of aromatic amines is 1. The Hall–Kier alpha value is -1.50. The Morgan fingerprint density at radius 3 is 3.00 bits per heavy atom. The first-order valence-corrected chi connectivity index (χ1v) is 5.05. The van der Waals surface area contributed by atoms with Gasteiger partial charge in [0.2, 0.25) is 0 Å². The van der Waals surface area contributed by atoms with Gasteiger partial charge in [0.25, 0.3) is 0 Å². The highest BCUT2D eigenvalue weighted by atomic mass is 32.1. The molecule has 2 aromatic heterocycles. The molecular formula is C7H10N6S. The van der Waals surface area contributed by atoms with Crippen LogP contribution in [0.5, 0.6) is 0 Å². The number of hydrogen-bond acceptors (Lipinski definition) is 6. The van der Waals surface area contributed by atoms with Gasteiger partial charge in [0.15, 0.2) is 11.0 Å². The van der Waals surface area contributed by atoms with Crippen LogP contribution in [0, 0.1) is 6.92 Å². The maximum atomic E-state index is 4.28. The maximum Gasteiger partial charge on any atom is 0.196 e. The third-order valence-electron chi connectivity index (χ3n) is 1.71. The van der Waals surface area contributed by atoms with Crippen LogP contribution in [0.25, 0.3) is 0 Å². The molecule has 0 aromatic carbocycles. The summed E-state index contributed by atoms with van der Waals surface area (Å²) in [5.41, 5.74) is 1.01. The lowest BCUT2D eigenvalue weighted by Gasteiger charge is -2.06. The van der Waals surface area contributed by atoms with E-state index in [0.29, 0.717) is 5.82 Å². The fourth-order valence-corrected chi connectivity index (χ4v) is 1.80. The fraction of sp³-hybridized carbons (Fsp3) is 0.429. The second kappa shape index (κ2) is 3.70. The highest BCUT2D eigenvalue weighted by Gasteiger charge is 2.10. The molecule has 0 saturated carbocycles. The average Bonchev–Trinajstić information content (AvgIpc) is 2.75. The predicted molar refractivity (Wildman–Crippen MR) is 53.1 cm³/mol. The summed E-state index contributed by atoms with van der Waals surface area (Å²) < 4.78 is 0. The van der Waals surface area contributed by atoms with Crippen molar-refractivity contribution in [2.75, 3.05) is 5.32 Å². The Kier molecular flexibility index (Phi) is 2.40. The van der Waals surface area contributed by atoms with Gasteiger partial charge in [-0.15, -0.1) is 21.5 Å². The number of H-pyrrole nitrogens is 1. The van der Waals surface area contributed by atoms with Crippen LogP contribution >= 0.6 is 11.3 Å². The summed E-state index contributed by atoms with van der Waals surface area (Å²) in [6.45, 7) is 3.92. The van der Waals surface area contributed by atoms with Gasteiger partial charge < -0.3 is 5.32 Å². The molecule has 2 rings (SSSR count). The van der Waals surface area contributed by atoms with E-state index in [1.807, 2.05) is 19.2 Å². The molecule has 0 aliphatic heterocycles. The van der Waals surface area contributed by atoms with Gasteiger partial charge in [-0.2, -0.15) is 5.21 Å². The van der Waals surface area contributed by atoms with Gasteiger partial charge in [-0.3, -0.25) is 0 Å². The smallest absolute Gasteiger partial charge is 0.196 e. The van der Waals surface area contributed by atoms with Crippen molar-refractivity contribution in [2.24, 2.45) is 0 Å². The van der Waals surface area contributed by atoms with Gasteiger partial charge in [-0.05, 0) is 13.8 Å². The zero-order chi connectivity index (χ0) is 9.97. The summed E-state index contributed by atoms with van der Waals surface area (Å²) >= 11 is 1.57. The number of aryl methyl sites for hydroxylation is 1. The van der Waals surface area contributed by atoms with Gasteiger partial charge in [-0.25, -0.2) is 4.98 Å². The molecular weight excluding hydrogens is 200 g/mol. The highest BCUT2D eigenvalue weighted by molar-refractivity contribution is 7.13. The summed E-state index contributed by atoms with van der Waals surface area (Å²) in [7, 11) is 0. The SMILES string of the molecule is Cc1csc(NC(C)c2nn[nH]n2)n1. The quantitative estimate of drug-likeness (QED) is 0.794. The third-order valence-corrected chi connectivity index (χ3v) is 2.60. The van der Waals surface area contributed by atoms with Crippen LogP contribution in [0.15, 0.2) is 5.38 Å². The molecule has 14 heavy (non-hydrogen) atoms. The van der Waals surface area contributed by atoms with E-state index in [1.165, 1.54) is 0 Å².